The van der Waals surface area contributed by atoms with Gasteiger partial charge in [-0.1, -0.05) is 6.07 Å². The Morgan fingerprint density at radius 3 is 2.40 bits per heavy atom. The molecule has 5 heteroatoms. The first kappa shape index (κ1) is 14.1. The molecular formula is C15H19N3O2. The Labute approximate surface area is 118 Å². The molecule has 0 aliphatic rings. The van der Waals surface area contributed by atoms with Crippen molar-refractivity contribution in [2.75, 3.05) is 11.9 Å². The number of ether oxygens (including phenoxy) is 1. The number of hydrogen-bond donors (Lipinski definition) is 2. The molecule has 0 aliphatic heterocycles. The molecule has 0 saturated heterocycles. The summed E-state index contributed by atoms with van der Waals surface area (Å²) in [5, 5.41) is 9.66. The molecule has 2 N–H and O–H groups in total. The van der Waals surface area contributed by atoms with Crippen LogP contribution in [-0.4, -0.2) is 22.7 Å². The highest BCUT2D eigenvalue weighted by atomic mass is 16.5. The Balaban J connectivity index is 1.95. The third kappa shape index (κ3) is 3.38. The predicted octanol–water partition coefficient (Wildman–Crippen LogP) is 2.66. The van der Waals surface area contributed by atoms with Gasteiger partial charge in [-0.15, -0.1) is 0 Å². The molecule has 1 aromatic carbocycles. The number of carbonyl (C=O) groups excluding carboxylic acids is 1. The molecule has 106 valence electrons. The molecule has 1 amide bonds. The molecule has 5 nitrogen and oxygen atoms in total. The topological polar surface area (TPSA) is 67.0 Å². The van der Waals surface area contributed by atoms with Gasteiger partial charge in [-0.05, 0) is 51.0 Å². The number of benzene rings is 1. The van der Waals surface area contributed by atoms with Gasteiger partial charge in [-0.3, -0.25) is 9.89 Å². The van der Waals surface area contributed by atoms with Crippen LogP contribution in [0.1, 0.15) is 22.5 Å². The second kappa shape index (κ2) is 5.77. The summed E-state index contributed by atoms with van der Waals surface area (Å²) < 4.78 is 5.52. The summed E-state index contributed by atoms with van der Waals surface area (Å²) in [7, 11) is 0. The monoisotopic (exact) mass is 273 g/mol. The van der Waals surface area contributed by atoms with Crippen LogP contribution in [0.3, 0.4) is 0 Å². The van der Waals surface area contributed by atoms with Crippen LogP contribution in [-0.2, 0) is 4.79 Å². The number of carbonyl (C=O) groups is 1. The zero-order chi connectivity index (χ0) is 14.7. The van der Waals surface area contributed by atoms with Gasteiger partial charge in [-0.2, -0.15) is 5.10 Å². The van der Waals surface area contributed by atoms with E-state index in [4.69, 9.17) is 4.74 Å². The van der Waals surface area contributed by atoms with Crippen LogP contribution >= 0.6 is 0 Å². The summed E-state index contributed by atoms with van der Waals surface area (Å²) in [4.78, 5) is 11.9. The highest BCUT2D eigenvalue weighted by molar-refractivity contribution is 5.92. The van der Waals surface area contributed by atoms with Crippen LogP contribution in [0.15, 0.2) is 18.2 Å². The van der Waals surface area contributed by atoms with Crippen LogP contribution < -0.4 is 10.1 Å². The Kier molecular flexibility index (Phi) is 4.08. The zero-order valence-corrected chi connectivity index (χ0v) is 12.2. The minimum Gasteiger partial charge on any atom is -0.484 e. The molecule has 0 unspecified atom stereocenters. The van der Waals surface area contributed by atoms with Crippen molar-refractivity contribution < 1.29 is 9.53 Å². The first-order chi connectivity index (χ1) is 9.45. The quantitative estimate of drug-likeness (QED) is 0.900. The zero-order valence-electron chi connectivity index (χ0n) is 12.2. The number of aromatic nitrogens is 2. The molecule has 1 heterocycles. The molecule has 2 rings (SSSR count). The van der Waals surface area contributed by atoms with E-state index in [1.165, 1.54) is 0 Å². The number of rotatable bonds is 4. The molecule has 0 fully saturated rings. The lowest BCUT2D eigenvalue weighted by Gasteiger charge is -2.09. The molecule has 0 saturated carbocycles. The molecule has 0 bridgehead atoms. The maximum absolute atomic E-state index is 11.9. The molecule has 0 aliphatic carbocycles. The first-order valence-corrected chi connectivity index (χ1v) is 6.48. The second-order valence-corrected chi connectivity index (χ2v) is 4.97. The van der Waals surface area contributed by atoms with E-state index < -0.39 is 0 Å². The Morgan fingerprint density at radius 2 is 1.85 bits per heavy atom. The van der Waals surface area contributed by atoms with Crippen molar-refractivity contribution in [3.63, 3.8) is 0 Å². The van der Waals surface area contributed by atoms with Gasteiger partial charge < -0.3 is 10.1 Å². The van der Waals surface area contributed by atoms with E-state index in [1.54, 1.807) is 0 Å². The van der Waals surface area contributed by atoms with Crippen LogP contribution in [0.5, 0.6) is 5.75 Å². The van der Waals surface area contributed by atoms with Crippen molar-refractivity contribution in [3.05, 3.63) is 40.7 Å². The van der Waals surface area contributed by atoms with E-state index in [-0.39, 0.29) is 12.5 Å². The lowest BCUT2D eigenvalue weighted by atomic mass is 10.1. The van der Waals surface area contributed by atoms with Crippen LogP contribution in [0.25, 0.3) is 0 Å². The molecule has 2 aromatic rings. The maximum Gasteiger partial charge on any atom is 0.262 e. The second-order valence-electron chi connectivity index (χ2n) is 4.97. The smallest absolute Gasteiger partial charge is 0.262 e. The maximum atomic E-state index is 11.9. The average molecular weight is 273 g/mol. The van der Waals surface area contributed by atoms with Crippen molar-refractivity contribution in [3.8, 4) is 5.75 Å². The summed E-state index contributed by atoms with van der Waals surface area (Å²) in [5.41, 5.74) is 4.55. The van der Waals surface area contributed by atoms with Crippen LogP contribution in [0, 0.1) is 27.7 Å². The van der Waals surface area contributed by atoms with E-state index in [0.717, 1.165) is 28.2 Å². The number of nitrogens with zero attached hydrogens (tertiary/aromatic N) is 1. The number of amides is 1. The van der Waals surface area contributed by atoms with Crippen molar-refractivity contribution in [2.24, 2.45) is 0 Å². The Bertz CT molecular complexity index is 592. The van der Waals surface area contributed by atoms with E-state index in [1.807, 2.05) is 39.8 Å². The summed E-state index contributed by atoms with van der Waals surface area (Å²) in [6, 6.07) is 5.88. The van der Waals surface area contributed by atoms with Gasteiger partial charge >= 0.3 is 0 Å². The van der Waals surface area contributed by atoms with E-state index >= 15 is 0 Å². The minimum atomic E-state index is -0.197. The summed E-state index contributed by atoms with van der Waals surface area (Å²) in [6.07, 6.45) is 0. The van der Waals surface area contributed by atoms with Crippen molar-refractivity contribution in [2.45, 2.75) is 27.7 Å². The largest absolute Gasteiger partial charge is 0.484 e. The predicted molar refractivity (Wildman–Crippen MR) is 78.1 cm³/mol. The highest BCUT2D eigenvalue weighted by Crippen LogP contribution is 2.17. The third-order valence-corrected chi connectivity index (χ3v) is 2.96. The first-order valence-electron chi connectivity index (χ1n) is 6.48. The van der Waals surface area contributed by atoms with Gasteiger partial charge in [0.05, 0.1) is 17.1 Å². The molecular weight excluding hydrogens is 254 g/mol. The van der Waals surface area contributed by atoms with E-state index in [9.17, 15) is 4.79 Å². The minimum absolute atomic E-state index is 0.0209. The van der Waals surface area contributed by atoms with Crippen LogP contribution in [0.2, 0.25) is 0 Å². The van der Waals surface area contributed by atoms with Crippen molar-refractivity contribution in [1.29, 1.82) is 0 Å². The number of hydrogen-bond acceptors (Lipinski definition) is 3. The molecule has 20 heavy (non-hydrogen) atoms. The SMILES string of the molecule is Cc1cc(C)cc(OCC(=O)Nc2c(C)n[nH]c2C)c1. The lowest BCUT2D eigenvalue weighted by molar-refractivity contribution is -0.118. The van der Waals surface area contributed by atoms with Gasteiger partial charge in [0.1, 0.15) is 5.75 Å². The summed E-state index contributed by atoms with van der Waals surface area (Å²) in [6.45, 7) is 7.67. The number of anilines is 1. The Hall–Kier alpha value is -2.30. The van der Waals surface area contributed by atoms with Crippen molar-refractivity contribution in [1.82, 2.24) is 10.2 Å². The fourth-order valence-corrected chi connectivity index (χ4v) is 2.08. The number of aryl methyl sites for hydroxylation is 4. The normalized spacial score (nSPS) is 10.4. The van der Waals surface area contributed by atoms with Gasteiger partial charge in [0.15, 0.2) is 6.61 Å². The van der Waals surface area contributed by atoms with Gasteiger partial charge in [0.25, 0.3) is 5.91 Å². The van der Waals surface area contributed by atoms with E-state index in [0.29, 0.717) is 5.75 Å². The van der Waals surface area contributed by atoms with Crippen LogP contribution in [0.4, 0.5) is 5.69 Å². The van der Waals surface area contributed by atoms with Gasteiger partial charge in [0.2, 0.25) is 0 Å². The molecule has 0 atom stereocenters. The fourth-order valence-electron chi connectivity index (χ4n) is 2.08. The average Bonchev–Trinajstić information content (AvgIpc) is 2.67. The highest BCUT2D eigenvalue weighted by Gasteiger charge is 2.10. The van der Waals surface area contributed by atoms with Crippen molar-refractivity contribution >= 4 is 11.6 Å². The van der Waals surface area contributed by atoms with Gasteiger partial charge in [0, 0.05) is 0 Å². The third-order valence-electron chi connectivity index (χ3n) is 2.96. The lowest BCUT2D eigenvalue weighted by Crippen LogP contribution is -2.20. The Morgan fingerprint density at radius 1 is 1.20 bits per heavy atom. The fraction of sp³-hybridized carbons (Fsp3) is 0.333. The molecule has 0 radical (unpaired) electrons. The number of nitrogens with one attached hydrogen (secondary N) is 2. The van der Waals surface area contributed by atoms with E-state index in [2.05, 4.69) is 21.6 Å². The number of aromatic amines is 1. The molecule has 1 aromatic heterocycles. The standard InChI is InChI=1S/C15H19N3O2/c1-9-5-10(2)7-13(6-9)20-8-14(19)16-15-11(3)17-18-12(15)4/h5-7H,8H2,1-4H3,(H,16,19)(H,17,18). The number of H-pyrrole nitrogens is 1. The summed E-state index contributed by atoms with van der Waals surface area (Å²) >= 11 is 0. The van der Waals surface area contributed by atoms with Gasteiger partial charge in [-0.25, -0.2) is 0 Å². The molecule has 0 spiro atoms. The summed E-state index contributed by atoms with van der Waals surface area (Å²) in [5.74, 6) is 0.509.